The van der Waals surface area contributed by atoms with Gasteiger partial charge in [0.05, 0.1) is 17.7 Å². The zero-order valence-electron chi connectivity index (χ0n) is 18.9. The largest absolute Gasteiger partial charge is 0.505 e. The first-order valence-corrected chi connectivity index (χ1v) is 11.2. The van der Waals surface area contributed by atoms with Gasteiger partial charge in [-0.2, -0.15) is 0 Å². The van der Waals surface area contributed by atoms with Crippen molar-refractivity contribution in [2.75, 3.05) is 20.1 Å². The third-order valence-electron chi connectivity index (χ3n) is 6.45. The lowest BCUT2D eigenvalue weighted by Gasteiger charge is -2.43. The predicted molar refractivity (Wildman–Crippen MR) is 119 cm³/mol. The van der Waals surface area contributed by atoms with Crippen LogP contribution in [0.1, 0.15) is 32.3 Å². The van der Waals surface area contributed by atoms with E-state index in [2.05, 4.69) is 10.6 Å². The smallest absolute Gasteiger partial charge is 0.274 e. The van der Waals surface area contributed by atoms with Crippen molar-refractivity contribution in [3.63, 3.8) is 0 Å². The Bertz CT molecular complexity index is 1100. The Morgan fingerprint density at radius 1 is 1.30 bits per heavy atom. The lowest BCUT2D eigenvalue weighted by atomic mass is 9.91. The van der Waals surface area contributed by atoms with E-state index in [1.165, 1.54) is 6.07 Å². The number of hydrogen-bond acceptors (Lipinski definition) is 5. The first kappa shape index (κ1) is 23.0. The molecule has 0 radical (unpaired) electrons. The Hall–Kier alpha value is -3.20. The van der Waals surface area contributed by atoms with Gasteiger partial charge in [0.1, 0.15) is 11.6 Å². The van der Waals surface area contributed by atoms with Crippen molar-refractivity contribution in [2.24, 2.45) is 0 Å². The summed E-state index contributed by atoms with van der Waals surface area (Å²) in [6.07, 6.45) is 2.91. The molecular weight excluding hydrogens is 430 g/mol. The monoisotopic (exact) mass is 458 g/mol. The van der Waals surface area contributed by atoms with Crippen LogP contribution in [0.3, 0.4) is 0 Å². The van der Waals surface area contributed by atoms with Gasteiger partial charge in [0.15, 0.2) is 11.5 Å². The van der Waals surface area contributed by atoms with Crippen molar-refractivity contribution in [3.05, 3.63) is 69.8 Å². The minimum absolute atomic E-state index is 0.0761. The van der Waals surface area contributed by atoms with E-state index in [-0.39, 0.29) is 47.1 Å². The van der Waals surface area contributed by atoms with Crippen LogP contribution >= 0.6 is 0 Å². The number of piperazine rings is 1. The Morgan fingerprint density at radius 2 is 2.06 bits per heavy atom. The number of nitrogens with zero attached hydrogens (tertiary/aromatic N) is 2. The summed E-state index contributed by atoms with van der Waals surface area (Å²) in [7, 11) is 1.79. The third-order valence-corrected chi connectivity index (χ3v) is 6.45. The van der Waals surface area contributed by atoms with Crippen molar-refractivity contribution in [2.45, 2.75) is 45.3 Å². The average molecular weight is 459 g/mol. The van der Waals surface area contributed by atoms with Gasteiger partial charge in [-0.15, -0.1) is 0 Å². The maximum atomic E-state index is 14.1. The van der Waals surface area contributed by atoms with Crippen LogP contribution in [0.5, 0.6) is 0 Å². The minimum atomic E-state index is -0.749. The van der Waals surface area contributed by atoms with Crippen LogP contribution < -0.4 is 10.6 Å². The number of hydrogen-bond donors (Lipinski definition) is 3. The molecule has 7 nitrogen and oxygen atoms in total. The fraction of sp³-hybridized carbons (Fsp3) is 0.417. The van der Waals surface area contributed by atoms with Crippen molar-refractivity contribution in [1.82, 2.24) is 20.4 Å². The van der Waals surface area contributed by atoms with Crippen molar-refractivity contribution >= 4 is 11.8 Å². The summed E-state index contributed by atoms with van der Waals surface area (Å²) >= 11 is 0. The van der Waals surface area contributed by atoms with Crippen molar-refractivity contribution in [1.29, 1.82) is 0 Å². The molecular formula is C24H28F2N4O3. The van der Waals surface area contributed by atoms with E-state index in [1.54, 1.807) is 22.9 Å². The van der Waals surface area contributed by atoms with Gasteiger partial charge in [0.2, 0.25) is 0 Å². The molecule has 33 heavy (non-hydrogen) atoms. The number of allylic oxidation sites excluding steroid dienone is 2. The van der Waals surface area contributed by atoms with Crippen LogP contribution in [0.25, 0.3) is 0 Å². The molecule has 2 unspecified atom stereocenters. The molecule has 0 saturated carbocycles. The molecule has 3 aliphatic heterocycles. The molecule has 0 aliphatic carbocycles. The fourth-order valence-electron chi connectivity index (χ4n) is 4.89. The summed E-state index contributed by atoms with van der Waals surface area (Å²) in [6.45, 7) is 4.64. The van der Waals surface area contributed by atoms with Gasteiger partial charge in [-0.3, -0.25) is 9.59 Å². The zero-order valence-corrected chi connectivity index (χ0v) is 18.9. The number of amides is 2. The van der Waals surface area contributed by atoms with Crippen LogP contribution in [0.2, 0.25) is 0 Å². The molecule has 3 heterocycles. The number of aliphatic hydroxyl groups excluding tert-OH is 1. The summed E-state index contributed by atoms with van der Waals surface area (Å²) in [5.74, 6) is -2.43. The minimum Gasteiger partial charge on any atom is -0.505 e. The molecule has 4 rings (SSSR count). The van der Waals surface area contributed by atoms with Gasteiger partial charge >= 0.3 is 0 Å². The van der Waals surface area contributed by atoms with Crippen LogP contribution in [-0.4, -0.2) is 58.9 Å². The maximum Gasteiger partial charge on any atom is 0.274 e. The van der Waals surface area contributed by atoms with E-state index < -0.39 is 17.5 Å². The molecule has 1 aromatic carbocycles. The second-order valence-corrected chi connectivity index (χ2v) is 8.35. The number of carbonyl (C=O) groups excluding carboxylic acids is 2. The third kappa shape index (κ3) is 3.80. The van der Waals surface area contributed by atoms with E-state index >= 15 is 0 Å². The SMILES string of the molecule is CC/C=C1/C(O)=C2C(=O)N(CC)CC3CC(NC)C(=C1C(=O)NCc1ccc(F)cc1F)N23. The second-order valence-electron chi connectivity index (χ2n) is 8.35. The van der Waals surface area contributed by atoms with E-state index in [9.17, 15) is 23.5 Å². The first-order valence-electron chi connectivity index (χ1n) is 11.2. The van der Waals surface area contributed by atoms with Crippen molar-refractivity contribution in [3.8, 4) is 0 Å². The molecule has 176 valence electrons. The predicted octanol–water partition coefficient (Wildman–Crippen LogP) is 2.48. The maximum absolute atomic E-state index is 14.1. The highest BCUT2D eigenvalue weighted by Crippen LogP contribution is 2.45. The second kappa shape index (κ2) is 8.97. The number of aliphatic hydroxyl groups is 1. The summed E-state index contributed by atoms with van der Waals surface area (Å²) in [5, 5.41) is 17.1. The Balaban J connectivity index is 1.76. The van der Waals surface area contributed by atoms with Crippen molar-refractivity contribution < 1.29 is 23.5 Å². The number of carbonyl (C=O) groups is 2. The Kier molecular flexibility index (Phi) is 6.25. The molecule has 0 aromatic heterocycles. The molecule has 2 amide bonds. The molecule has 2 saturated heterocycles. The Morgan fingerprint density at radius 3 is 2.70 bits per heavy atom. The Labute approximate surface area is 191 Å². The topological polar surface area (TPSA) is 84.9 Å². The van der Waals surface area contributed by atoms with E-state index in [0.717, 1.165) is 12.1 Å². The van der Waals surface area contributed by atoms with E-state index in [1.807, 2.05) is 13.8 Å². The molecule has 1 aromatic rings. The first-order chi connectivity index (χ1) is 15.8. The van der Waals surface area contributed by atoms with Crippen LogP contribution in [0, 0.1) is 11.6 Å². The van der Waals surface area contributed by atoms with Gasteiger partial charge in [-0.1, -0.05) is 19.1 Å². The number of halogens is 2. The molecule has 0 bridgehead atoms. The van der Waals surface area contributed by atoms with E-state index in [0.29, 0.717) is 37.2 Å². The number of likely N-dealkylation sites (N-methyl/N-ethyl adjacent to an activating group) is 2. The lowest BCUT2D eigenvalue weighted by molar-refractivity contribution is -0.132. The molecule has 2 atom stereocenters. The average Bonchev–Trinajstić information content (AvgIpc) is 3.15. The highest BCUT2D eigenvalue weighted by atomic mass is 19.1. The molecule has 0 spiro atoms. The fourth-order valence-corrected chi connectivity index (χ4v) is 4.89. The van der Waals surface area contributed by atoms with Gasteiger partial charge in [-0.25, -0.2) is 8.78 Å². The van der Waals surface area contributed by atoms with Crippen LogP contribution in [-0.2, 0) is 16.1 Å². The zero-order chi connectivity index (χ0) is 23.9. The molecule has 2 fully saturated rings. The van der Waals surface area contributed by atoms with Gasteiger partial charge in [-0.05, 0) is 32.9 Å². The van der Waals surface area contributed by atoms with Crippen LogP contribution in [0.15, 0.2) is 52.6 Å². The normalized spacial score (nSPS) is 23.5. The summed E-state index contributed by atoms with van der Waals surface area (Å²) in [6, 6.07) is 2.91. The van der Waals surface area contributed by atoms with Crippen LogP contribution in [0.4, 0.5) is 8.78 Å². The molecule has 9 heteroatoms. The van der Waals surface area contributed by atoms with Gasteiger partial charge in [0, 0.05) is 42.5 Å². The van der Waals surface area contributed by atoms with Gasteiger partial charge in [0.25, 0.3) is 11.8 Å². The quantitative estimate of drug-likeness (QED) is 0.610. The number of rotatable bonds is 6. The molecule has 3 aliphatic rings. The molecule has 3 N–H and O–H groups in total. The highest BCUT2D eigenvalue weighted by Gasteiger charge is 2.51. The van der Waals surface area contributed by atoms with Gasteiger partial charge < -0.3 is 25.5 Å². The number of benzene rings is 1. The highest BCUT2D eigenvalue weighted by molar-refractivity contribution is 6.04. The standard InChI is InChI=1S/C24H28F2N4O3/c1-4-6-16-19(23(32)28-11-13-7-8-14(25)9-17(13)26)20-18(27-3)10-15-12-29(5-2)24(33)21(22(16)31)30(15)20/h6-9,15,18,27,31H,4-5,10-12H2,1-3H3,(H,28,32)/b16-6+. The van der Waals surface area contributed by atoms with E-state index in [4.69, 9.17) is 0 Å². The number of nitrogens with one attached hydrogen (secondary N) is 2. The summed E-state index contributed by atoms with van der Waals surface area (Å²) < 4.78 is 27.3. The lowest BCUT2D eigenvalue weighted by Crippen LogP contribution is -2.53. The summed E-state index contributed by atoms with van der Waals surface area (Å²) in [4.78, 5) is 30.1. The summed E-state index contributed by atoms with van der Waals surface area (Å²) in [5.41, 5.74) is 1.54.